The van der Waals surface area contributed by atoms with Crippen LogP contribution in [0.2, 0.25) is 0 Å². The van der Waals surface area contributed by atoms with Gasteiger partial charge in [-0.2, -0.15) is 0 Å². The van der Waals surface area contributed by atoms with Crippen molar-refractivity contribution in [3.63, 3.8) is 0 Å². The van der Waals surface area contributed by atoms with Crippen LogP contribution in [-0.2, 0) is 16.1 Å². The first-order valence-electron chi connectivity index (χ1n) is 8.03. The van der Waals surface area contributed by atoms with Gasteiger partial charge in [0.2, 0.25) is 0 Å². The van der Waals surface area contributed by atoms with Crippen LogP contribution < -0.4 is 10.6 Å². The maximum atomic E-state index is 12.0. The Morgan fingerprint density at radius 3 is 2.43 bits per heavy atom. The van der Waals surface area contributed by atoms with Crippen molar-refractivity contribution in [2.75, 3.05) is 17.2 Å². The van der Waals surface area contributed by atoms with Crippen LogP contribution in [0.15, 0.2) is 48.5 Å². The van der Waals surface area contributed by atoms with E-state index in [1.165, 1.54) is 11.1 Å². The highest BCUT2D eigenvalue weighted by Crippen LogP contribution is 2.18. The van der Waals surface area contributed by atoms with Crippen molar-refractivity contribution in [3.8, 4) is 0 Å². The predicted octanol–water partition coefficient (Wildman–Crippen LogP) is 3.72. The molecule has 0 saturated carbocycles. The third-order valence-electron chi connectivity index (χ3n) is 3.99. The summed E-state index contributed by atoms with van der Waals surface area (Å²) in [4.78, 5) is 12.0. The van der Waals surface area contributed by atoms with E-state index in [9.17, 15) is 4.79 Å². The molecule has 1 saturated heterocycles. The molecule has 2 aromatic rings. The lowest BCUT2D eigenvalue weighted by atomic mass is 10.1. The van der Waals surface area contributed by atoms with Crippen molar-refractivity contribution in [1.82, 2.24) is 0 Å². The summed E-state index contributed by atoms with van der Waals surface area (Å²) < 4.78 is 5.38. The Kier molecular flexibility index (Phi) is 4.93. The first-order valence-corrected chi connectivity index (χ1v) is 8.03. The fourth-order valence-electron chi connectivity index (χ4n) is 2.59. The summed E-state index contributed by atoms with van der Waals surface area (Å²) in [6, 6.07) is 16.2. The van der Waals surface area contributed by atoms with E-state index in [4.69, 9.17) is 4.74 Å². The number of rotatable bonds is 5. The maximum absolute atomic E-state index is 12.0. The second-order valence-corrected chi connectivity index (χ2v) is 5.91. The van der Waals surface area contributed by atoms with Gasteiger partial charge < -0.3 is 15.4 Å². The second kappa shape index (κ2) is 7.29. The largest absolute Gasteiger partial charge is 0.381 e. The number of amides is 1. The quantitative estimate of drug-likeness (QED) is 0.885. The van der Waals surface area contributed by atoms with Crippen molar-refractivity contribution in [1.29, 1.82) is 0 Å². The maximum Gasteiger partial charge on any atom is 0.253 e. The number of aryl methyl sites for hydroxylation is 1. The first-order chi connectivity index (χ1) is 11.2. The van der Waals surface area contributed by atoms with Crippen LogP contribution in [0.1, 0.15) is 24.0 Å². The number of carbonyl (C=O) groups excluding carboxylic acids is 1. The fourth-order valence-corrected chi connectivity index (χ4v) is 2.59. The highest BCUT2D eigenvalue weighted by atomic mass is 16.5. The Labute approximate surface area is 136 Å². The van der Waals surface area contributed by atoms with E-state index in [0.29, 0.717) is 6.61 Å². The van der Waals surface area contributed by atoms with E-state index in [2.05, 4.69) is 41.8 Å². The molecule has 1 heterocycles. The van der Waals surface area contributed by atoms with E-state index < -0.39 is 0 Å². The molecule has 1 aliphatic rings. The molecule has 1 unspecified atom stereocenters. The highest BCUT2D eigenvalue weighted by Gasteiger charge is 2.23. The first kappa shape index (κ1) is 15.6. The van der Waals surface area contributed by atoms with E-state index in [1.807, 2.05) is 24.3 Å². The summed E-state index contributed by atoms with van der Waals surface area (Å²) in [7, 11) is 0. The third kappa shape index (κ3) is 4.33. The molecular weight excluding hydrogens is 288 g/mol. The summed E-state index contributed by atoms with van der Waals surface area (Å²) in [6.45, 7) is 3.54. The van der Waals surface area contributed by atoms with Crippen LogP contribution in [-0.4, -0.2) is 18.6 Å². The van der Waals surface area contributed by atoms with Crippen LogP contribution in [0.4, 0.5) is 11.4 Å². The van der Waals surface area contributed by atoms with Gasteiger partial charge in [0, 0.05) is 24.5 Å². The second-order valence-electron chi connectivity index (χ2n) is 5.91. The van der Waals surface area contributed by atoms with Gasteiger partial charge in [0.1, 0.15) is 6.10 Å². The summed E-state index contributed by atoms with van der Waals surface area (Å²) in [5.41, 5.74) is 4.33. The zero-order valence-electron chi connectivity index (χ0n) is 13.3. The highest BCUT2D eigenvalue weighted by molar-refractivity contribution is 5.94. The van der Waals surface area contributed by atoms with Crippen molar-refractivity contribution in [2.45, 2.75) is 32.4 Å². The van der Waals surface area contributed by atoms with Gasteiger partial charge in [-0.15, -0.1) is 0 Å². The summed E-state index contributed by atoms with van der Waals surface area (Å²) in [6.07, 6.45) is 1.47. The molecular formula is C19H22N2O2. The Balaban J connectivity index is 1.52. The number of carbonyl (C=O) groups is 1. The lowest BCUT2D eigenvalue weighted by molar-refractivity contribution is -0.124. The average molecular weight is 310 g/mol. The summed E-state index contributed by atoms with van der Waals surface area (Å²) >= 11 is 0. The summed E-state index contributed by atoms with van der Waals surface area (Å²) in [5, 5.41) is 6.28. The van der Waals surface area contributed by atoms with Crippen LogP contribution in [0.3, 0.4) is 0 Å². The van der Waals surface area contributed by atoms with E-state index in [1.54, 1.807) is 0 Å². The molecule has 0 spiro atoms. The number of anilines is 2. The van der Waals surface area contributed by atoms with Gasteiger partial charge in [-0.1, -0.05) is 29.8 Å². The average Bonchev–Trinajstić information content (AvgIpc) is 3.10. The zero-order valence-corrected chi connectivity index (χ0v) is 13.3. The smallest absolute Gasteiger partial charge is 0.253 e. The van der Waals surface area contributed by atoms with Crippen molar-refractivity contribution in [2.24, 2.45) is 0 Å². The molecule has 2 N–H and O–H groups in total. The molecule has 4 heteroatoms. The summed E-state index contributed by atoms with van der Waals surface area (Å²) in [5.74, 6) is -0.0529. The number of nitrogens with one attached hydrogen (secondary N) is 2. The number of ether oxygens (including phenoxy) is 1. The normalized spacial score (nSPS) is 17.0. The minimum atomic E-state index is -0.297. The lowest BCUT2D eigenvalue weighted by Gasteiger charge is -2.11. The standard InChI is InChI=1S/C19H22N2O2/c1-14-4-6-15(7-5-14)13-20-16-8-10-17(11-9-16)21-19(22)18-3-2-12-23-18/h4-11,18,20H,2-3,12-13H2,1H3,(H,21,22). The SMILES string of the molecule is Cc1ccc(CNc2ccc(NC(=O)C3CCCO3)cc2)cc1. The van der Waals surface area contributed by atoms with Crippen LogP contribution in [0.5, 0.6) is 0 Å². The van der Waals surface area contributed by atoms with Crippen LogP contribution >= 0.6 is 0 Å². The molecule has 120 valence electrons. The van der Waals surface area contributed by atoms with E-state index in [0.717, 1.165) is 30.8 Å². The van der Waals surface area contributed by atoms with Gasteiger partial charge in [-0.3, -0.25) is 4.79 Å². The van der Waals surface area contributed by atoms with E-state index >= 15 is 0 Å². The van der Waals surface area contributed by atoms with Crippen LogP contribution in [0.25, 0.3) is 0 Å². The zero-order chi connectivity index (χ0) is 16.1. The Hall–Kier alpha value is -2.33. The van der Waals surface area contributed by atoms with Crippen molar-refractivity contribution >= 4 is 17.3 Å². The molecule has 0 radical (unpaired) electrons. The molecule has 0 bridgehead atoms. The molecule has 3 rings (SSSR count). The van der Waals surface area contributed by atoms with Gasteiger partial charge in [0.25, 0.3) is 5.91 Å². The number of hydrogen-bond acceptors (Lipinski definition) is 3. The molecule has 1 aliphatic heterocycles. The number of hydrogen-bond donors (Lipinski definition) is 2. The van der Waals surface area contributed by atoms with Crippen molar-refractivity contribution < 1.29 is 9.53 Å². The Bertz CT molecular complexity index is 644. The van der Waals surface area contributed by atoms with Gasteiger partial charge in [0.05, 0.1) is 0 Å². The molecule has 0 aliphatic carbocycles. The molecule has 1 atom stereocenters. The predicted molar refractivity (Wildman–Crippen MR) is 92.6 cm³/mol. The van der Waals surface area contributed by atoms with Crippen molar-refractivity contribution in [3.05, 3.63) is 59.7 Å². The van der Waals surface area contributed by atoms with Gasteiger partial charge in [0.15, 0.2) is 0 Å². The molecule has 0 aromatic heterocycles. The van der Waals surface area contributed by atoms with Crippen LogP contribution in [0, 0.1) is 6.92 Å². The van der Waals surface area contributed by atoms with Gasteiger partial charge >= 0.3 is 0 Å². The fraction of sp³-hybridized carbons (Fsp3) is 0.316. The monoisotopic (exact) mass is 310 g/mol. The Morgan fingerprint density at radius 1 is 1.09 bits per heavy atom. The third-order valence-corrected chi connectivity index (χ3v) is 3.99. The number of benzene rings is 2. The lowest BCUT2D eigenvalue weighted by Crippen LogP contribution is -2.26. The molecule has 2 aromatic carbocycles. The topological polar surface area (TPSA) is 50.4 Å². The Morgan fingerprint density at radius 2 is 1.78 bits per heavy atom. The minimum absolute atomic E-state index is 0.0529. The molecule has 1 fully saturated rings. The van der Waals surface area contributed by atoms with Gasteiger partial charge in [-0.05, 0) is 49.6 Å². The van der Waals surface area contributed by atoms with Gasteiger partial charge in [-0.25, -0.2) is 0 Å². The minimum Gasteiger partial charge on any atom is -0.381 e. The molecule has 1 amide bonds. The molecule has 23 heavy (non-hydrogen) atoms. The molecule has 4 nitrogen and oxygen atoms in total. The van der Waals surface area contributed by atoms with E-state index in [-0.39, 0.29) is 12.0 Å².